The average Bonchev–Trinajstić information content (AvgIpc) is 2.92. The van der Waals surface area contributed by atoms with Crippen LogP contribution in [0.1, 0.15) is 6.42 Å². The fourth-order valence-corrected chi connectivity index (χ4v) is 2.47. The van der Waals surface area contributed by atoms with Crippen molar-refractivity contribution < 1.29 is 29.0 Å². The van der Waals surface area contributed by atoms with Crippen molar-refractivity contribution in [2.24, 2.45) is 5.73 Å². The first-order valence-corrected chi connectivity index (χ1v) is 7.25. The van der Waals surface area contributed by atoms with Crippen LogP contribution in [0.25, 0.3) is 21.9 Å². The van der Waals surface area contributed by atoms with Gasteiger partial charge in [-0.15, -0.1) is 0 Å². The number of nitrogens with two attached hydrogens (primary N) is 1. The second-order valence-corrected chi connectivity index (χ2v) is 5.38. The summed E-state index contributed by atoms with van der Waals surface area (Å²) in [7, 11) is 0. The molecule has 2 atom stereocenters. The molecule has 2 unspecified atom stereocenters. The highest BCUT2D eigenvalue weighted by atomic mass is 16.5. The van der Waals surface area contributed by atoms with E-state index in [1.54, 1.807) is 18.2 Å². The Hall–Kier alpha value is -3.06. The maximum atomic E-state index is 11.3. The van der Waals surface area contributed by atoms with Gasteiger partial charge in [-0.1, -0.05) is 18.2 Å². The van der Waals surface area contributed by atoms with E-state index in [4.69, 9.17) is 20.0 Å². The van der Waals surface area contributed by atoms with Crippen molar-refractivity contribution in [3.05, 3.63) is 42.5 Å². The minimum Gasteiger partial charge on any atom is -0.480 e. The molecule has 0 fully saturated rings. The van der Waals surface area contributed by atoms with Gasteiger partial charge in [-0.2, -0.15) is 0 Å². The van der Waals surface area contributed by atoms with E-state index in [0.29, 0.717) is 16.9 Å². The normalized spacial score (nSPS) is 13.7. The third-order valence-corrected chi connectivity index (χ3v) is 3.69. The molecule has 3 rings (SSSR count). The number of fused-ring (bicyclic) bond motifs is 3. The first-order valence-electron chi connectivity index (χ1n) is 7.25. The van der Waals surface area contributed by atoms with Crippen molar-refractivity contribution in [1.29, 1.82) is 0 Å². The molecular weight excluding hydrogens is 314 g/mol. The lowest BCUT2D eigenvalue weighted by atomic mass is 10.1. The van der Waals surface area contributed by atoms with Crippen LogP contribution < -0.4 is 10.5 Å². The molecule has 3 aromatic rings. The summed E-state index contributed by atoms with van der Waals surface area (Å²) in [6.45, 7) is 0. The average molecular weight is 329 g/mol. The molecule has 124 valence electrons. The molecule has 7 nitrogen and oxygen atoms in total. The lowest BCUT2D eigenvalue weighted by molar-refractivity contribution is -0.146. The summed E-state index contributed by atoms with van der Waals surface area (Å²) in [6, 6.07) is 11.1. The van der Waals surface area contributed by atoms with Gasteiger partial charge in [0.1, 0.15) is 23.0 Å². The number of carboxylic acid groups (broad SMARTS) is 2. The monoisotopic (exact) mass is 329 g/mol. The summed E-state index contributed by atoms with van der Waals surface area (Å²) in [5, 5.41) is 19.7. The Morgan fingerprint density at radius 3 is 2.46 bits per heavy atom. The van der Waals surface area contributed by atoms with Crippen molar-refractivity contribution >= 4 is 33.9 Å². The molecule has 0 radical (unpaired) electrons. The molecule has 0 aliphatic rings. The molecule has 2 aromatic carbocycles. The molecule has 0 aliphatic carbocycles. The number of para-hydroxylation sites is 1. The Balaban J connectivity index is 1.91. The predicted octanol–water partition coefficient (Wildman–Crippen LogP) is 2.22. The van der Waals surface area contributed by atoms with Crippen molar-refractivity contribution in [1.82, 2.24) is 0 Å². The number of rotatable bonds is 6. The zero-order valence-corrected chi connectivity index (χ0v) is 12.5. The molecule has 0 amide bonds. The Bertz CT molecular complexity index is 916. The van der Waals surface area contributed by atoms with Gasteiger partial charge in [-0.05, 0) is 24.3 Å². The third kappa shape index (κ3) is 3.02. The summed E-state index contributed by atoms with van der Waals surface area (Å²) in [4.78, 5) is 22.1. The van der Waals surface area contributed by atoms with Crippen molar-refractivity contribution in [3.63, 3.8) is 0 Å². The zero-order valence-electron chi connectivity index (χ0n) is 12.5. The zero-order chi connectivity index (χ0) is 17.3. The lowest BCUT2D eigenvalue weighted by Gasteiger charge is -2.17. The molecule has 1 heterocycles. The molecule has 4 N–H and O–H groups in total. The number of hydrogen-bond acceptors (Lipinski definition) is 5. The number of carbonyl (C=O) groups is 2. The van der Waals surface area contributed by atoms with E-state index in [2.05, 4.69) is 0 Å². The minimum atomic E-state index is -1.35. The van der Waals surface area contributed by atoms with Crippen LogP contribution in [0.2, 0.25) is 0 Å². The predicted molar refractivity (Wildman–Crippen MR) is 86.0 cm³/mol. The lowest BCUT2D eigenvalue weighted by Crippen LogP contribution is -2.39. The molecule has 0 saturated carbocycles. The standard InChI is InChI=1S/C17H15NO6/c18-12(16(19)20)8-15(17(21)22)23-9-5-6-14-11(7-9)10-3-1-2-4-13(10)24-14/h1-7,12,15H,8,18H2,(H,19,20)(H,21,22). The van der Waals surface area contributed by atoms with Crippen LogP contribution in [0, 0.1) is 0 Å². The fourth-order valence-electron chi connectivity index (χ4n) is 2.47. The van der Waals surface area contributed by atoms with Gasteiger partial charge in [0.2, 0.25) is 0 Å². The van der Waals surface area contributed by atoms with Gasteiger partial charge in [-0.3, -0.25) is 4.79 Å². The van der Waals surface area contributed by atoms with E-state index >= 15 is 0 Å². The van der Waals surface area contributed by atoms with Crippen molar-refractivity contribution in [2.45, 2.75) is 18.6 Å². The first-order chi connectivity index (χ1) is 11.5. The summed E-state index contributed by atoms with van der Waals surface area (Å²) < 4.78 is 11.1. The van der Waals surface area contributed by atoms with Crippen molar-refractivity contribution in [3.8, 4) is 5.75 Å². The summed E-state index contributed by atoms with van der Waals surface area (Å²) in [5.41, 5.74) is 6.77. The van der Waals surface area contributed by atoms with E-state index in [0.717, 1.165) is 10.8 Å². The van der Waals surface area contributed by atoms with Crippen LogP contribution in [0.5, 0.6) is 5.75 Å². The topological polar surface area (TPSA) is 123 Å². The second kappa shape index (κ2) is 6.21. The van der Waals surface area contributed by atoms with Crippen molar-refractivity contribution in [2.75, 3.05) is 0 Å². The van der Waals surface area contributed by atoms with Gasteiger partial charge in [0, 0.05) is 17.2 Å². The smallest absolute Gasteiger partial charge is 0.344 e. The molecule has 0 saturated heterocycles. The number of carboxylic acids is 2. The van der Waals surface area contributed by atoms with E-state index in [1.807, 2.05) is 24.3 Å². The Morgan fingerprint density at radius 2 is 1.75 bits per heavy atom. The first kappa shape index (κ1) is 15.8. The number of furan rings is 1. The molecule has 0 bridgehead atoms. The van der Waals surface area contributed by atoms with Crippen LogP contribution in [-0.4, -0.2) is 34.3 Å². The van der Waals surface area contributed by atoms with Crippen LogP contribution in [0.15, 0.2) is 46.9 Å². The largest absolute Gasteiger partial charge is 0.480 e. The Morgan fingerprint density at radius 1 is 1.04 bits per heavy atom. The summed E-state index contributed by atoms with van der Waals surface area (Å²) in [6.07, 6.45) is -1.69. The van der Waals surface area contributed by atoms with E-state index in [9.17, 15) is 14.7 Å². The van der Waals surface area contributed by atoms with E-state index in [-0.39, 0.29) is 6.42 Å². The number of hydrogen-bond donors (Lipinski definition) is 3. The highest BCUT2D eigenvalue weighted by Gasteiger charge is 2.26. The SMILES string of the molecule is NC(CC(Oc1ccc2oc3ccccc3c2c1)C(=O)O)C(=O)O. The molecule has 1 aromatic heterocycles. The maximum absolute atomic E-state index is 11.3. The van der Waals surface area contributed by atoms with Gasteiger partial charge < -0.3 is 25.1 Å². The van der Waals surface area contributed by atoms with Crippen LogP contribution in [0.4, 0.5) is 0 Å². The van der Waals surface area contributed by atoms with E-state index < -0.39 is 24.1 Å². The molecule has 0 aliphatic heterocycles. The van der Waals surface area contributed by atoms with Gasteiger partial charge in [-0.25, -0.2) is 4.79 Å². The highest BCUT2D eigenvalue weighted by Crippen LogP contribution is 2.31. The molecule has 7 heteroatoms. The fraction of sp³-hybridized carbons (Fsp3) is 0.176. The van der Waals surface area contributed by atoms with Crippen LogP contribution in [-0.2, 0) is 9.59 Å². The Kier molecular flexibility index (Phi) is 4.09. The maximum Gasteiger partial charge on any atom is 0.344 e. The molecule has 24 heavy (non-hydrogen) atoms. The van der Waals surface area contributed by atoms with Crippen LogP contribution in [0.3, 0.4) is 0 Å². The van der Waals surface area contributed by atoms with Gasteiger partial charge in [0.15, 0.2) is 6.10 Å². The number of aliphatic carboxylic acids is 2. The van der Waals surface area contributed by atoms with Gasteiger partial charge in [0.05, 0.1) is 0 Å². The Labute approximate surface area is 136 Å². The molecular formula is C17H15NO6. The number of ether oxygens (including phenoxy) is 1. The van der Waals surface area contributed by atoms with E-state index in [1.165, 1.54) is 0 Å². The minimum absolute atomic E-state index is 0.305. The number of benzene rings is 2. The summed E-state index contributed by atoms with van der Waals surface area (Å²) in [5.74, 6) is -2.25. The van der Waals surface area contributed by atoms with Crippen LogP contribution >= 0.6 is 0 Å². The summed E-state index contributed by atoms with van der Waals surface area (Å²) >= 11 is 0. The van der Waals surface area contributed by atoms with Gasteiger partial charge >= 0.3 is 11.9 Å². The van der Waals surface area contributed by atoms with Gasteiger partial charge in [0.25, 0.3) is 0 Å². The quantitative estimate of drug-likeness (QED) is 0.633. The molecule has 0 spiro atoms. The third-order valence-electron chi connectivity index (χ3n) is 3.69. The second-order valence-electron chi connectivity index (χ2n) is 5.38. The highest BCUT2D eigenvalue weighted by molar-refractivity contribution is 6.05.